The summed E-state index contributed by atoms with van der Waals surface area (Å²) in [6, 6.07) is 20.3. The Labute approximate surface area is 155 Å². The quantitative estimate of drug-likeness (QED) is 0.609. The molecule has 4 aromatic rings. The number of pyridine rings is 1. The van der Waals surface area contributed by atoms with Crippen molar-refractivity contribution in [2.45, 2.75) is 13.5 Å². The number of nitrogens with one attached hydrogen (secondary N) is 1. The van der Waals surface area contributed by atoms with Crippen molar-refractivity contribution < 1.29 is 4.79 Å². The number of hydrogen-bond donors (Lipinski definition) is 1. The molecule has 134 valence electrons. The third-order valence-corrected chi connectivity index (χ3v) is 4.41. The topological polar surface area (TPSA) is 68.9 Å². The van der Waals surface area contributed by atoms with E-state index in [1.807, 2.05) is 61.5 Å². The van der Waals surface area contributed by atoms with Crippen molar-refractivity contribution in [1.29, 1.82) is 0 Å². The van der Waals surface area contributed by atoms with Gasteiger partial charge in [-0.1, -0.05) is 36.4 Å². The van der Waals surface area contributed by atoms with E-state index in [0.717, 1.165) is 11.3 Å². The fourth-order valence-electron chi connectivity index (χ4n) is 3.10. The summed E-state index contributed by atoms with van der Waals surface area (Å²) in [5.41, 5.74) is 2.69. The number of aryl methyl sites for hydroxylation is 1. The second kappa shape index (κ2) is 6.92. The highest BCUT2D eigenvalue weighted by molar-refractivity contribution is 5.92. The van der Waals surface area contributed by atoms with Crippen LogP contribution in [0, 0.1) is 6.92 Å². The number of hydrogen-bond acceptors (Lipinski definition) is 3. The van der Waals surface area contributed by atoms with E-state index in [2.05, 4.69) is 10.3 Å². The summed E-state index contributed by atoms with van der Waals surface area (Å²) < 4.78 is 3.11. The molecule has 0 atom stereocenters. The number of nitrogens with zero attached hydrogens (tertiary/aromatic N) is 3. The molecule has 4 rings (SSSR count). The van der Waals surface area contributed by atoms with Crippen LogP contribution in [0.4, 0.5) is 5.69 Å². The summed E-state index contributed by atoms with van der Waals surface area (Å²) in [7, 11) is 0. The van der Waals surface area contributed by atoms with Crippen LogP contribution in [0.2, 0.25) is 0 Å². The Hall–Kier alpha value is -3.67. The van der Waals surface area contributed by atoms with Crippen molar-refractivity contribution in [2.75, 3.05) is 5.32 Å². The molecule has 0 radical (unpaired) electrons. The first-order valence-electron chi connectivity index (χ1n) is 8.62. The van der Waals surface area contributed by atoms with Crippen LogP contribution in [-0.2, 0) is 11.3 Å². The van der Waals surface area contributed by atoms with Crippen molar-refractivity contribution in [3.8, 4) is 5.69 Å². The average Bonchev–Trinajstić information content (AvgIpc) is 2.96. The minimum absolute atomic E-state index is 0.0288. The normalized spacial score (nSPS) is 10.9. The molecule has 2 aromatic heterocycles. The van der Waals surface area contributed by atoms with Crippen LogP contribution < -0.4 is 10.9 Å². The summed E-state index contributed by atoms with van der Waals surface area (Å²) in [6.07, 6.45) is 1.62. The number of rotatable bonds is 4. The molecule has 0 saturated carbocycles. The first-order valence-corrected chi connectivity index (χ1v) is 8.62. The van der Waals surface area contributed by atoms with Gasteiger partial charge in [-0.3, -0.25) is 14.3 Å². The number of anilines is 1. The number of aromatic nitrogens is 3. The molecule has 2 aromatic carbocycles. The molecule has 0 spiro atoms. The highest BCUT2D eigenvalue weighted by Crippen LogP contribution is 2.15. The standard InChI is InChI=1S/C21H18N4O2/c1-15-8-5-6-12-18(15)23-19(26)14-24-20-17(11-7-13-22-20)21(27)25(24)16-9-3-2-4-10-16/h2-13H,14H2,1H3,(H,23,26). The number of amides is 1. The molecule has 6 heteroatoms. The van der Waals surface area contributed by atoms with Crippen LogP contribution in [0.25, 0.3) is 16.7 Å². The van der Waals surface area contributed by atoms with Crippen LogP contribution in [0.1, 0.15) is 5.56 Å². The Kier molecular flexibility index (Phi) is 4.30. The van der Waals surface area contributed by atoms with Gasteiger partial charge in [-0.05, 0) is 42.8 Å². The van der Waals surface area contributed by atoms with E-state index in [4.69, 9.17) is 0 Å². The van der Waals surface area contributed by atoms with E-state index < -0.39 is 0 Å². The predicted octanol–water partition coefficient (Wildman–Crippen LogP) is 3.13. The molecule has 2 heterocycles. The molecular formula is C21H18N4O2. The lowest BCUT2D eigenvalue weighted by Gasteiger charge is -2.13. The van der Waals surface area contributed by atoms with E-state index in [1.165, 1.54) is 4.68 Å². The molecule has 0 fully saturated rings. The SMILES string of the molecule is Cc1ccccc1NC(=O)Cn1c2ncccc2c(=O)n1-c1ccccc1. The summed E-state index contributed by atoms with van der Waals surface area (Å²) in [6.45, 7) is 1.90. The highest BCUT2D eigenvalue weighted by atomic mass is 16.2. The fourth-order valence-corrected chi connectivity index (χ4v) is 3.10. The monoisotopic (exact) mass is 358 g/mol. The second-order valence-corrected chi connectivity index (χ2v) is 6.25. The van der Waals surface area contributed by atoms with Gasteiger partial charge in [-0.2, -0.15) is 0 Å². The first-order chi connectivity index (χ1) is 13.1. The smallest absolute Gasteiger partial charge is 0.280 e. The van der Waals surface area contributed by atoms with Crippen LogP contribution in [0.5, 0.6) is 0 Å². The van der Waals surface area contributed by atoms with E-state index in [0.29, 0.717) is 16.7 Å². The van der Waals surface area contributed by atoms with E-state index in [1.54, 1.807) is 23.0 Å². The molecule has 0 bridgehead atoms. The maximum Gasteiger partial charge on any atom is 0.280 e. The third kappa shape index (κ3) is 3.13. The molecule has 27 heavy (non-hydrogen) atoms. The molecule has 1 amide bonds. The molecule has 0 aliphatic heterocycles. The maximum absolute atomic E-state index is 12.9. The Morgan fingerprint density at radius 1 is 1.00 bits per heavy atom. The van der Waals surface area contributed by atoms with Crippen molar-refractivity contribution in [1.82, 2.24) is 14.3 Å². The van der Waals surface area contributed by atoms with Crippen molar-refractivity contribution >= 4 is 22.6 Å². The molecule has 0 saturated heterocycles. The molecule has 0 aliphatic rings. The number of carbonyl (C=O) groups is 1. The number of benzene rings is 2. The molecule has 6 nitrogen and oxygen atoms in total. The molecule has 1 N–H and O–H groups in total. The number of para-hydroxylation sites is 2. The van der Waals surface area contributed by atoms with Gasteiger partial charge in [0.05, 0.1) is 11.1 Å². The zero-order valence-corrected chi connectivity index (χ0v) is 14.8. The zero-order chi connectivity index (χ0) is 18.8. The summed E-state index contributed by atoms with van der Waals surface area (Å²) in [5.74, 6) is -0.225. The van der Waals surface area contributed by atoms with E-state index >= 15 is 0 Å². The van der Waals surface area contributed by atoms with Gasteiger partial charge in [0.1, 0.15) is 6.54 Å². The lowest BCUT2D eigenvalue weighted by atomic mass is 10.2. The number of fused-ring (bicyclic) bond motifs is 1. The summed E-state index contributed by atoms with van der Waals surface area (Å²) in [5, 5.41) is 3.39. The van der Waals surface area contributed by atoms with Crippen LogP contribution in [0.15, 0.2) is 77.7 Å². The Balaban J connectivity index is 1.78. The van der Waals surface area contributed by atoms with Crippen molar-refractivity contribution in [3.63, 3.8) is 0 Å². The molecular weight excluding hydrogens is 340 g/mol. The average molecular weight is 358 g/mol. The Morgan fingerprint density at radius 2 is 1.74 bits per heavy atom. The van der Waals surface area contributed by atoms with Gasteiger partial charge in [-0.15, -0.1) is 0 Å². The van der Waals surface area contributed by atoms with Gasteiger partial charge >= 0.3 is 0 Å². The van der Waals surface area contributed by atoms with Crippen LogP contribution in [0.3, 0.4) is 0 Å². The van der Waals surface area contributed by atoms with E-state index in [9.17, 15) is 9.59 Å². The number of carbonyl (C=O) groups excluding carboxylic acids is 1. The molecule has 0 aliphatic carbocycles. The first kappa shape index (κ1) is 16.8. The predicted molar refractivity (Wildman–Crippen MR) is 105 cm³/mol. The van der Waals surface area contributed by atoms with Gasteiger partial charge in [0.2, 0.25) is 5.91 Å². The fraction of sp³-hybridized carbons (Fsp3) is 0.0952. The Morgan fingerprint density at radius 3 is 2.52 bits per heavy atom. The van der Waals surface area contributed by atoms with Crippen LogP contribution in [-0.4, -0.2) is 20.3 Å². The van der Waals surface area contributed by atoms with Gasteiger partial charge < -0.3 is 5.32 Å². The summed E-state index contributed by atoms with van der Waals surface area (Å²) >= 11 is 0. The van der Waals surface area contributed by atoms with Gasteiger partial charge in [0.15, 0.2) is 5.65 Å². The van der Waals surface area contributed by atoms with Crippen molar-refractivity contribution in [2.24, 2.45) is 0 Å². The minimum Gasteiger partial charge on any atom is -0.324 e. The zero-order valence-electron chi connectivity index (χ0n) is 14.8. The van der Waals surface area contributed by atoms with Gasteiger partial charge in [0.25, 0.3) is 5.56 Å². The van der Waals surface area contributed by atoms with E-state index in [-0.39, 0.29) is 18.0 Å². The van der Waals surface area contributed by atoms with Gasteiger partial charge in [0, 0.05) is 11.9 Å². The maximum atomic E-state index is 12.9. The van der Waals surface area contributed by atoms with Crippen molar-refractivity contribution in [3.05, 3.63) is 88.8 Å². The Bertz CT molecular complexity index is 1180. The minimum atomic E-state index is -0.225. The lowest BCUT2D eigenvalue weighted by molar-refractivity contribution is -0.116. The highest BCUT2D eigenvalue weighted by Gasteiger charge is 2.17. The second-order valence-electron chi connectivity index (χ2n) is 6.25. The lowest BCUT2D eigenvalue weighted by Crippen LogP contribution is -2.27. The largest absolute Gasteiger partial charge is 0.324 e. The third-order valence-electron chi connectivity index (χ3n) is 4.41. The van der Waals surface area contributed by atoms with Crippen LogP contribution >= 0.6 is 0 Å². The summed E-state index contributed by atoms with van der Waals surface area (Å²) in [4.78, 5) is 29.9. The molecule has 0 unspecified atom stereocenters. The van der Waals surface area contributed by atoms with Gasteiger partial charge in [-0.25, -0.2) is 9.67 Å².